The molecule has 0 aliphatic rings. The normalized spacial score (nSPS) is 10.8. The van der Waals surface area contributed by atoms with Crippen LogP contribution in [0, 0.1) is 0 Å². The van der Waals surface area contributed by atoms with Crippen molar-refractivity contribution < 1.29 is 24.1 Å². The maximum atomic E-state index is 10.5. The van der Waals surface area contributed by atoms with Crippen LogP contribution in [-0.4, -0.2) is 38.0 Å². The molecule has 0 spiro atoms. The van der Waals surface area contributed by atoms with E-state index in [2.05, 4.69) is 24.3 Å². The summed E-state index contributed by atoms with van der Waals surface area (Å²) in [5.41, 5.74) is 1.81. The summed E-state index contributed by atoms with van der Waals surface area (Å²) >= 11 is 0. The van der Waals surface area contributed by atoms with Crippen molar-refractivity contribution in [3.05, 3.63) is 72.8 Å². The van der Waals surface area contributed by atoms with E-state index in [0.717, 1.165) is 32.7 Å². The molecule has 0 amide bonds. The second-order valence-electron chi connectivity index (χ2n) is 6.71. The van der Waals surface area contributed by atoms with E-state index >= 15 is 0 Å². The van der Waals surface area contributed by atoms with E-state index in [1.165, 1.54) is 0 Å². The molecule has 0 fully saturated rings. The number of aliphatic hydroxyl groups is 1. The monoisotopic (exact) mass is 402 g/mol. The van der Waals surface area contributed by atoms with Gasteiger partial charge < -0.3 is 19.3 Å². The Morgan fingerprint density at radius 1 is 0.667 bits per heavy atom. The van der Waals surface area contributed by atoms with Crippen molar-refractivity contribution in [1.82, 2.24) is 0 Å². The van der Waals surface area contributed by atoms with Crippen LogP contribution in [0.25, 0.3) is 32.7 Å². The summed E-state index contributed by atoms with van der Waals surface area (Å²) in [6.45, 7) is 0.935. The first kappa shape index (κ1) is 19.7. The first-order valence-electron chi connectivity index (χ1n) is 9.79. The maximum Gasteiger partial charge on any atom is 0.293 e. The minimum atomic E-state index is -0.0752. The van der Waals surface area contributed by atoms with E-state index in [1.807, 2.05) is 48.5 Å². The molecule has 5 heteroatoms. The van der Waals surface area contributed by atoms with Crippen LogP contribution in [0.1, 0.15) is 0 Å². The van der Waals surface area contributed by atoms with Crippen LogP contribution in [0.5, 0.6) is 11.5 Å². The lowest BCUT2D eigenvalue weighted by Crippen LogP contribution is -2.07. The number of carbonyl (C=O) groups is 1. The number of hydrogen-bond acceptors (Lipinski definition) is 5. The van der Waals surface area contributed by atoms with E-state index in [0.29, 0.717) is 18.0 Å². The quantitative estimate of drug-likeness (QED) is 0.328. The minimum Gasteiger partial charge on any atom is -0.491 e. The number of rotatable bonds is 9. The zero-order valence-electron chi connectivity index (χ0n) is 16.4. The van der Waals surface area contributed by atoms with E-state index < -0.39 is 0 Å². The Hall–Kier alpha value is -3.57. The second kappa shape index (κ2) is 9.29. The average Bonchev–Trinajstić information content (AvgIpc) is 2.80. The standard InChI is InChI=1S/C25H22O5/c26-13-14-29-22-11-9-18-5-1-3-7-20(18)24(22)25-21-8-4-2-6-19(21)10-12-23(25)30-16-15-28-17-27/h1-12,17,26H,13-16H2. The fraction of sp³-hybridized carbons (Fsp3) is 0.160. The van der Waals surface area contributed by atoms with Crippen LogP contribution in [0.2, 0.25) is 0 Å². The first-order valence-corrected chi connectivity index (χ1v) is 9.79. The molecule has 30 heavy (non-hydrogen) atoms. The van der Waals surface area contributed by atoms with Gasteiger partial charge in [0, 0.05) is 11.1 Å². The molecular formula is C25H22O5. The van der Waals surface area contributed by atoms with Gasteiger partial charge in [-0.25, -0.2) is 0 Å². The van der Waals surface area contributed by atoms with Crippen molar-refractivity contribution in [3.8, 4) is 22.6 Å². The molecule has 0 aromatic heterocycles. The van der Waals surface area contributed by atoms with Gasteiger partial charge in [0.2, 0.25) is 0 Å². The molecule has 4 rings (SSSR count). The Kier molecular flexibility index (Phi) is 6.11. The highest BCUT2D eigenvalue weighted by Crippen LogP contribution is 2.45. The van der Waals surface area contributed by atoms with Crippen molar-refractivity contribution in [3.63, 3.8) is 0 Å². The van der Waals surface area contributed by atoms with Crippen LogP contribution >= 0.6 is 0 Å². The third-order valence-corrected chi connectivity index (χ3v) is 4.91. The Balaban J connectivity index is 1.97. The van der Waals surface area contributed by atoms with Crippen molar-refractivity contribution in [2.24, 2.45) is 0 Å². The summed E-state index contributed by atoms with van der Waals surface area (Å²) in [7, 11) is 0. The molecule has 0 aliphatic heterocycles. The number of carbonyl (C=O) groups excluding carboxylic acids is 1. The smallest absolute Gasteiger partial charge is 0.293 e. The largest absolute Gasteiger partial charge is 0.491 e. The zero-order chi connectivity index (χ0) is 20.8. The van der Waals surface area contributed by atoms with Crippen molar-refractivity contribution in [1.29, 1.82) is 0 Å². The van der Waals surface area contributed by atoms with E-state index in [4.69, 9.17) is 14.2 Å². The summed E-state index contributed by atoms with van der Waals surface area (Å²) in [5.74, 6) is 1.35. The molecule has 0 saturated carbocycles. The van der Waals surface area contributed by atoms with E-state index in [-0.39, 0.29) is 26.4 Å². The van der Waals surface area contributed by atoms with Crippen molar-refractivity contribution in [2.75, 3.05) is 26.4 Å². The number of benzene rings is 4. The maximum absolute atomic E-state index is 10.5. The van der Waals surface area contributed by atoms with Crippen molar-refractivity contribution in [2.45, 2.75) is 0 Å². The third-order valence-electron chi connectivity index (χ3n) is 4.91. The second-order valence-corrected chi connectivity index (χ2v) is 6.71. The van der Waals surface area contributed by atoms with Gasteiger partial charge in [-0.1, -0.05) is 60.7 Å². The molecule has 5 nitrogen and oxygen atoms in total. The van der Waals surface area contributed by atoms with Crippen LogP contribution in [-0.2, 0) is 9.53 Å². The summed E-state index contributed by atoms with van der Waals surface area (Å²) in [5, 5.41) is 13.5. The minimum absolute atomic E-state index is 0.0752. The predicted octanol–water partition coefficient (Wildman–Crippen LogP) is 4.58. The lowest BCUT2D eigenvalue weighted by atomic mass is 9.92. The molecule has 0 radical (unpaired) electrons. The zero-order valence-corrected chi connectivity index (χ0v) is 16.4. The highest BCUT2D eigenvalue weighted by molar-refractivity contribution is 6.09. The summed E-state index contributed by atoms with van der Waals surface area (Å²) in [6, 6.07) is 24.1. The molecule has 152 valence electrons. The van der Waals surface area contributed by atoms with Gasteiger partial charge >= 0.3 is 0 Å². The van der Waals surface area contributed by atoms with Gasteiger partial charge in [-0.05, 0) is 33.7 Å². The number of fused-ring (bicyclic) bond motifs is 2. The lowest BCUT2D eigenvalue weighted by molar-refractivity contribution is -0.129. The van der Waals surface area contributed by atoms with Gasteiger partial charge in [0.25, 0.3) is 6.47 Å². The molecule has 0 atom stereocenters. The fourth-order valence-electron chi connectivity index (χ4n) is 3.66. The lowest BCUT2D eigenvalue weighted by Gasteiger charge is -2.19. The predicted molar refractivity (Wildman–Crippen MR) is 117 cm³/mol. The Morgan fingerprint density at radius 3 is 1.73 bits per heavy atom. The number of hydrogen-bond donors (Lipinski definition) is 1. The topological polar surface area (TPSA) is 65.0 Å². The third kappa shape index (κ3) is 3.93. The van der Waals surface area contributed by atoms with E-state index in [9.17, 15) is 9.90 Å². The van der Waals surface area contributed by atoms with Gasteiger partial charge in [0.15, 0.2) is 0 Å². The molecule has 1 N–H and O–H groups in total. The molecule has 4 aromatic rings. The van der Waals surface area contributed by atoms with Crippen molar-refractivity contribution >= 4 is 28.0 Å². The highest BCUT2D eigenvalue weighted by atomic mass is 16.5. The fourth-order valence-corrected chi connectivity index (χ4v) is 3.66. The van der Waals surface area contributed by atoms with Gasteiger partial charge in [-0.15, -0.1) is 0 Å². The summed E-state index contributed by atoms with van der Waals surface area (Å²) in [6.07, 6.45) is 0. The molecule has 0 unspecified atom stereocenters. The Labute approximate surface area is 174 Å². The average molecular weight is 402 g/mol. The van der Waals surface area contributed by atoms with Crippen LogP contribution in [0.3, 0.4) is 0 Å². The van der Waals surface area contributed by atoms with Crippen LogP contribution in [0.15, 0.2) is 72.8 Å². The summed E-state index contributed by atoms with van der Waals surface area (Å²) in [4.78, 5) is 10.5. The summed E-state index contributed by atoms with van der Waals surface area (Å²) < 4.78 is 16.7. The SMILES string of the molecule is O=COCCOc1ccc2ccccc2c1-c1c(OCCO)ccc2ccccc12. The van der Waals surface area contributed by atoms with Crippen LogP contribution < -0.4 is 9.47 Å². The molecule has 4 aromatic carbocycles. The van der Waals surface area contributed by atoms with Gasteiger partial charge in [-0.3, -0.25) is 4.79 Å². The molecule has 0 saturated heterocycles. The number of aliphatic hydroxyl groups excluding tert-OH is 1. The number of ether oxygens (including phenoxy) is 3. The van der Waals surface area contributed by atoms with Gasteiger partial charge in [-0.2, -0.15) is 0 Å². The van der Waals surface area contributed by atoms with Crippen LogP contribution in [0.4, 0.5) is 0 Å². The van der Waals surface area contributed by atoms with Gasteiger partial charge in [0.05, 0.1) is 6.61 Å². The molecule has 0 bridgehead atoms. The first-order chi connectivity index (χ1) is 14.8. The molecule has 0 heterocycles. The Bertz CT molecular complexity index is 1170. The van der Waals surface area contributed by atoms with E-state index in [1.54, 1.807) is 0 Å². The molecule has 0 aliphatic carbocycles. The molecular weight excluding hydrogens is 380 g/mol. The Morgan fingerprint density at radius 2 is 1.20 bits per heavy atom. The van der Waals surface area contributed by atoms with Gasteiger partial charge in [0.1, 0.15) is 31.3 Å². The highest BCUT2D eigenvalue weighted by Gasteiger charge is 2.19.